The summed E-state index contributed by atoms with van der Waals surface area (Å²) in [7, 11) is 0. The summed E-state index contributed by atoms with van der Waals surface area (Å²) in [6, 6.07) is 14.5. The van der Waals surface area contributed by atoms with Crippen molar-refractivity contribution in [2.24, 2.45) is 0 Å². The molecule has 1 heterocycles. The van der Waals surface area contributed by atoms with Gasteiger partial charge in [0.1, 0.15) is 5.75 Å². The Kier molecular flexibility index (Phi) is 2.42. The molecule has 0 saturated carbocycles. The molecular formula is C14H12N2O2. The summed E-state index contributed by atoms with van der Waals surface area (Å²) in [5.74, 6) is 0.233. The molecule has 0 atom stereocenters. The highest BCUT2D eigenvalue weighted by Gasteiger charge is 2.17. The average Bonchev–Trinajstić information content (AvgIpc) is 2.41. The highest BCUT2D eigenvalue weighted by atomic mass is 16.5. The first-order valence-corrected chi connectivity index (χ1v) is 5.59. The molecule has 90 valence electrons. The number of aromatic hydroxyl groups is 1. The lowest BCUT2D eigenvalue weighted by molar-refractivity contribution is 0.294. The number of para-hydroxylation sites is 2. The van der Waals surface area contributed by atoms with Crippen molar-refractivity contribution in [2.75, 3.05) is 9.96 Å². The molecule has 1 aliphatic rings. The monoisotopic (exact) mass is 240 g/mol. The van der Waals surface area contributed by atoms with Gasteiger partial charge in [-0.3, -0.25) is 5.21 Å². The van der Waals surface area contributed by atoms with Crippen molar-refractivity contribution < 1.29 is 10.3 Å². The van der Waals surface area contributed by atoms with E-state index < -0.39 is 0 Å². The molecule has 0 unspecified atom stereocenters. The Hall–Kier alpha value is -2.46. The highest BCUT2D eigenvalue weighted by molar-refractivity contribution is 5.81. The fraction of sp³-hybridized carbons (Fsp3) is 0. The predicted octanol–water partition coefficient (Wildman–Crippen LogP) is 3.21. The summed E-state index contributed by atoms with van der Waals surface area (Å²) in [5.41, 5.74) is 2.52. The van der Waals surface area contributed by atoms with Crippen LogP contribution in [0.4, 0.5) is 17.1 Å². The Bertz CT molecular complexity index is 593. The van der Waals surface area contributed by atoms with E-state index in [0.717, 1.165) is 16.4 Å². The Morgan fingerprint density at radius 2 is 1.44 bits per heavy atom. The van der Waals surface area contributed by atoms with E-state index in [9.17, 15) is 10.3 Å². The van der Waals surface area contributed by atoms with Crippen LogP contribution < -0.4 is 9.96 Å². The minimum Gasteiger partial charge on any atom is -0.508 e. The largest absolute Gasteiger partial charge is 0.508 e. The summed E-state index contributed by atoms with van der Waals surface area (Å²) >= 11 is 0. The Labute approximate surface area is 105 Å². The van der Waals surface area contributed by atoms with Crippen molar-refractivity contribution in [3.63, 3.8) is 0 Å². The number of nitrogens with zero attached hydrogens (tertiary/aromatic N) is 2. The number of benzene rings is 2. The molecule has 0 radical (unpaired) electrons. The van der Waals surface area contributed by atoms with E-state index in [0.29, 0.717) is 5.69 Å². The van der Waals surface area contributed by atoms with Crippen molar-refractivity contribution in [2.45, 2.75) is 0 Å². The molecule has 0 saturated heterocycles. The van der Waals surface area contributed by atoms with Gasteiger partial charge in [-0.2, -0.15) is 0 Å². The normalized spacial score (nSPS) is 13.6. The Morgan fingerprint density at radius 1 is 0.778 bits per heavy atom. The quantitative estimate of drug-likeness (QED) is 0.803. The number of rotatable bonds is 1. The third-order valence-corrected chi connectivity index (χ3v) is 2.87. The summed E-state index contributed by atoms with van der Waals surface area (Å²) in [6.07, 6.45) is 3.35. The van der Waals surface area contributed by atoms with Gasteiger partial charge in [0.15, 0.2) is 0 Å². The maximum atomic E-state index is 9.75. The Balaban J connectivity index is 2.08. The number of phenols is 1. The van der Waals surface area contributed by atoms with Gasteiger partial charge in [0, 0.05) is 18.1 Å². The summed E-state index contributed by atoms with van der Waals surface area (Å²) in [5, 5.41) is 20.1. The molecule has 1 aliphatic heterocycles. The number of hydroxylamine groups is 1. The van der Waals surface area contributed by atoms with Gasteiger partial charge in [0.2, 0.25) is 0 Å². The molecule has 4 heteroatoms. The minimum absolute atomic E-state index is 0.233. The maximum Gasteiger partial charge on any atom is 0.115 e. The van der Waals surface area contributed by atoms with Crippen LogP contribution in [0.1, 0.15) is 0 Å². The summed E-state index contributed by atoms with van der Waals surface area (Å²) in [6.45, 7) is 0. The average molecular weight is 240 g/mol. The zero-order valence-electron chi connectivity index (χ0n) is 9.56. The second-order valence-electron chi connectivity index (χ2n) is 4.02. The van der Waals surface area contributed by atoms with Crippen molar-refractivity contribution in [1.29, 1.82) is 0 Å². The lowest BCUT2D eigenvalue weighted by atomic mass is 10.2. The van der Waals surface area contributed by atoms with E-state index in [1.54, 1.807) is 24.5 Å². The van der Waals surface area contributed by atoms with Crippen LogP contribution in [-0.2, 0) is 0 Å². The molecule has 2 N–H and O–H groups in total. The molecule has 0 spiro atoms. The molecule has 0 aliphatic carbocycles. The molecule has 0 aromatic heterocycles. The van der Waals surface area contributed by atoms with Gasteiger partial charge in [0.25, 0.3) is 0 Å². The van der Waals surface area contributed by atoms with Gasteiger partial charge in [0.05, 0.1) is 11.4 Å². The Morgan fingerprint density at radius 3 is 2.17 bits per heavy atom. The molecule has 0 fully saturated rings. The topological polar surface area (TPSA) is 46.9 Å². The number of fused-ring (bicyclic) bond motifs is 1. The first kappa shape index (κ1) is 10.7. The number of phenolic OH excluding ortho intramolecular Hbond substituents is 1. The molecule has 0 amide bonds. The number of hydrogen-bond donors (Lipinski definition) is 2. The molecule has 4 nitrogen and oxygen atoms in total. The van der Waals surface area contributed by atoms with Gasteiger partial charge in [-0.1, -0.05) is 12.1 Å². The van der Waals surface area contributed by atoms with Crippen LogP contribution in [0.2, 0.25) is 0 Å². The maximum absolute atomic E-state index is 9.75. The van der Waals surface area contributed by atoms with E-state index in [1.807, 2.05) is 41.3 Å². The SMILES string of the molecule is Oc1ccc(N2C=CN(O)c3ccccc32)cc1. The molecule has 2 aromatic rings. The molecule has 18 heavy (non-hydrogen) atoms. The van der Waals surface area contributed by atoms with Crippen molar-refractivity contribution in [3.05, 3.63) is 60.9 Å². The smallest absolute Gasteiger partial charge is 0.115 e. The van der Waals surface area contributed by atoms with Gasteiger partial charge in [-0.15, -0.1) is 0 Å². The van der Waals surface area contributed by atoms with Crippen LogP contribution in [0.3, 0.4) is 0 Å². The number of anilines is 3. The first-order valence-electron chi connectivity index (χ1n) is 5.59. The van der Waals surface area contributed by atoms with Crippen molar-refractivity contribution in [3.8, 4) is 5.75 Å². The van der Waals surface area contributed by atoms with E-state index in [4.69, 9.17) is 0 Å². The highest BCUT2D eigenvalue weighted by Crippen LogP contribution is 2.37. The van der Waals surface area contributed by atoms with Crippen molar-refractivity contribution >= 4 is 17.1 Å². The zero-order valence-corrected chi connectivity index (χ0v) is 9.56. The van der Waals surface area contributed by atoms with Crippen LogP contribution >= 0.6 is 0 Å². The van der Waals surface area contributed by atoms with Crippen LogP contribution in [0.5, 0.6) is 5.75 Å². The van der Waals surface area contributed by atoms with Gasteiger partial charge in [-0.05, 0) is 36.4 Å². The van der Waals surface area contributed by atoms with Crippen LogP contribution in [0.25, 0.3) is 0 Å². The lowest BCUT2D eigenvalue weighted by Gasteiger charge is -2.30. The second-order valence-corrected chi connectivity index (χ2v) is 4.02. The fourth-order valence-corrected chi connectivity index (χ4v) is 1.99. The summed E-state index contributed by atoms with van der Waals surface area (Å²) in [4.78, 5) is 1.95. The molecule has 2 aromatic carbocycles. The van der Waals surface area contributed by atoms with Crippen molar-refractivity contribution in [1.82, 2.24) is 0 Å². The first-order chi connectivity index (χ1) is 8.75. The third kappa shape index (κ3) is 1.69. The third-order valence-electron chi connectivity index (χ3n) is 2.87. The van der Waals surface area contributed by atoms with E-state index >= 15 is 0 Å². The summed E-state index contributed by atoms with van der Waals surface area (Å²) < 4.78 is 0. The fourth-order valence-electron chi connectivity index (χ4n) is 1.99. The van der Waals surface area contributed by atoms with Crippen LogP contribution in [0.15, 0.2) is 60.9 Å². The second kappa shape index (κ2) is 4.09. The number of hydrogen-bond acceptors (Lipinski definition) is 4. The zero-order chi connectivity index (χ0) is 12.5. The van der Waals surface area contributed by atoms with Crippen LogP contribution in [0, 0.1) is 0 Å². The standard InChI is InChI=1S/C14H12N2O2/c17-12-7-5-11(6-8-12)15-9-10-16(18)14-4-2-1-3-13(14)15/h1-10,17-18H. The van der Waals surface area contributed by atoms with Gasteiger partial charge >= 0.3 is 0 Å². The molecular weight excluding hydrogens is 228 g/mol. The molecule has 0 bridgehead atoms. The minimum atomic E-state index is 0.233. The predicted molar refractivity (Wildman–Crippen MR) is 70.1 cm³/mol. The van der Waals surface area contributed by atoms with Crippen LogP contribution in [-0.4, -0.2) is 10.3 Å². The lowest BCUT2D eigenvalue weighted by Crippen LogP contribution is -2.21. The van der Waals surface area contributed by atoms with E-state index in [2.05, 4.69) is 0 Å². The van der Waals surface area contributed by atoms with Gasteiger partial charge in [-0.25, -0.2) is 5.06 Å². The van der Waals surface area contributed by atoms with Gasteiger partial charge < -0.3 is 10.0 Å². The molecule has 3 rings (SSSR count). The van der Waals surface area contributed by atoms with E-state index in [-0.39, 0.29) is 5.75 Å². The van der Waals surface area contributed by atoms with E-state index in [1.165, 1.54) is 0 Å².